The normalized spacial score (nSPS) is 30.6. The Kier molecular flexibility index (Phi) is 4.90. The van der Waals surface area contributed by atoms with Crippen molar-refractivity contribution in [3.63, 3.8) is 0 Å². The van der Waals surface area contributed by atoms with E-state index in [2.05, 4.69) is 18.9 Å². The highest BCUT2D eigenvalue weighted by atomic mass is 16.3. The Bertz CT molecular complexity index is 160. The van der Waals surface area contributed by atoms with E-state index in [4.69, 9.17) is 0 Å². The Hall–Kier alpha value is -0.0800. The quantitative estimate of drug-likeness (QED) is 0.751. The molecule has 1 aliphatic carbocycles. The second-order valence-corrected chi connectivity index (χ2v) is 4.83. The molecule has 1 fully saturated rings. The number of hydrogen-bond acceptors (Lipinski definition) is 2. The first-order valence-electron chi connectivity index (χ1n) is 6.03. The van der Waals surface area contributed by atoms with Gasteiger partial charge in [-0.3, -0.25) is 0 Å². The number of hydrogen-bond donors (Lipinski definition) is 1. The standard InChI is InChI=1S/C12H25NO/c1-4-11(14)9-13(3)12-8-6-5-7-10(12)2/h10-12,14H,4-9H2,1-3H3. The van der Waals surface area contributed by atoms with E-state index in [0.717, 1.165) is 18.9 Å². The SMILES string of the molecule is CCC(O)CN(C)C1CCCCC1C. The highest BCUT2D eigenvalue weighted by Gasteiger charge is 2.25. The maximum absolute atomic E-state index is 9.60. The Morgan fingerprint density at radius 3 is 2.57 bits per heavy atom. The third-order valence-electron chi connectivity index (χ3n) is 3.60. The smallest absolute Gasteiger partial charge is 0.0664 e. The molecule has 3 atom stereocenters. The highest BCUT2D eigenvalue weighted by molar-refractivity contribution is 4.80. The first-order valence-corrected chi connectivity index (χ1v) is 6.03. The topological polar surface area (TPSA) is 23.5 Å². The summed E-state index contributed by atoms with van der Waals surface area (Å²) in [4.78, 5) is 2.36. The zero-order valence-electron chi connectivity index (χ0n) is 9.87. The van der Waals surface area contributed by atoms with Gasteiger partial charge in [0.15, 0.2) is 0 Å². The van der Waals surface area contributed by atoms with Crippen LogP contribution in [0.3, 0.4) is 0 Å². The summed E-state index contributed by atoms with van der Waals surface area (Å²) in [5, 5.41) is 9.60. The molecule has 0 aromatic rings. The molecular weight excluding hydrogens is 174 g/mol. The van der Waals surface area contributed by atoms with Gasteiger partial charge in [-0.05, 0) is 32.2 Å². The number of rotatable bonds is 4. The van der Waals surface area contributed by atoms with Gasteiger partial charge < -0.3 is 10.0 Å². The molecule has 0 spiro atoms. The van der Waals surface area contributed by atoms with E-state index in [1.54, 1.807) is 0 Å². The van der Waals surface area contributed by atoms with Crippen LogP contribution >= 0.6 is 0 Å². The van der Waals surface area contributed by atoms with Gasteiger partial charge in [0.2, 0.25) is 0 Å². The lowest BCUT2D eigenvalue weighted by Gasteiger charge is -2.37. The van der Waals surface area contributed by atoms with Crippen molar-refractivity contribution in [2.75, 3.05) is 13.6 Å². The largest absolute Gasteiger partial charge is 0.392 e. The van der Waals surface area contributed by atoms with Crippen molar-refractivity contribution in [1.82, 2.24) is 4.90 Å². The Labute approximate surface area is 88.3 Å². The lowest BCUT2D eigenvalue weighted by Crippen LogP contribution is -2.42. The molecule has 1 saturated carbocycles. The Morgan fingerprint density at radius 2 is 2.00 bits per heavy atom. The third-order valence-corrected chi connectivity index (χ3v) is 3.60. The molecule has 0 aromatic carbocycles. The van der Waals surface area contributed by atoms with Crippen molar-refractivity contribution in [2.24, 2.45) is 5.92 Å². The zero-order chi connectivity index (χ0) is 10.6. The van der Waals surface area contributed by atoms with Crippen LogP contribution in [0.4, 0.5) is 0 Å². The van der Waals surface area contributed by atoms with Crippen LogP contribution in [0.5, 0.6) is 0 Å². The molecule has 2 heteroatoms. The van der Waals surface area contributed by atoms with Crippen LogP contribution in [0.25, 0.3) is 0 Å². The molecule has 1 N–H and O–H groups in total. The average Bonchev–Trinajstić information content (AvgIpc) is 2.18. The van der Waals surface area contributed by atoms with Crippen LogP contribution in [0, 0.1) is 5.92 Å². The molecule has 0 radical (unpaired) electrons. The Morgan fingerprint density at radius 1 is 1.36 bits per heavy atom. The van der Waals surface area contributed by atoms with E-state index in [9.17, 15) is 5.11 Å². The summed E-state index contributed by atoms with van der Waals surface area (Å²) >= 11 is 0. The maximum Gasteiger partial charge on any atom is 0.0664 e. The molecule has 0 saturated heterocycles. The van der Waals surface area contributed by atoms with Gasteiger partial charge >= 0.3 is 0 Å². The molecular formula is C12H25NO. The van der Waals surface area contributed by atoms with Crippen molar-refractivity contribution in [1.29, 1.82) is 0 Å². The van der Waals surface area contributed by atoms with Gasteiger partial charge in [0.25, 0.3) is 0 Å². The van der Waals surface area contributed by atoms with Crippen LogP contribution in [0.2, 0.25) is 0 Å². The summed E-state index contributed by atoms with van der Waals surface area (Å²) in [6.07, 6.45) is 6.15. The first-order chi connectivity index (χ1) is 6.65. The fourth-order valence-corrected chi connectivity index (χ4v) is 2.55. The van der Waals surface area contributed by atoms with Crippen LogP contribution in [-0.4, -0.2) is 35.7 Å². The lowest BCUT2D eigenvalue weighted by atomic mass is 9.85. The molecule has 1 rings (SSSR count). The predicted molar refractivity (Wildman–Crippen MR) is 60.3 cm³/mol. The fraction of sp³-hybridized carbons (Fsp3) is 1.00. The third kappa shape index (κ3) is 3.25. The summed E-state index contributed by atoms with van der Waals surface area (Å²) in [6, 6.07) is 0.699. The van der Waals surface area contributed by atoms with Crippen LogP contribution in [0.15, 0.2) is 0 Å². The van der Waals surface area contributed by atoms with E-state index >= 15 is 0 Å². The molecule has 2 nitrogen and oxygen atoms in total. The summed E-state index contributed by atoms with van der Waals surface area (Å²) in [5.41, 5.74) is 0. The molecule has 0 aromatic heterocycles. The second kappa shape index (κ2) is 5.72. The van der Waals surface area contributed by atoms with Crippen LogP contribution < -0.4 is 0 Å². The van der Waals surface area contributed by atoms with Gasteiger partial charge in [0.05, 0.1) is 6.10 Å². The van der Waals surface area contributed by atoms with Crippen LogP contribution in [-0.2, 0) is 0 Å². The maximum atomic E-state index is 9.60. The molecule has 0 bridgehead atoms. The zero-order valence-corrected chi connectivity index (χ0v) is 9.87. The minimum absolute atomic E-state index is 0.144. The summed E-state index contributed by atoms with van der Waals surface area (Å²) in [5.74, 6) is 0.804. The van der Waals surface area contributed by atoms with E-state index in [-0.39, 0.29) is 6.10 Å². The average molecular weight is 199 g/mol. The number of aliphatic hydroxyl groups is 1. The van der Waals surface area contributed by atoms with Gasteiger partial charge in [-0.25, -0.2) is 0 Å². The molecule has 1 aliphatic rings. The van der Waals surface area contributed by atoms with E-state index < -0.39 is 0 Å². The summed E-state index contributed by atoms with van der Waals surface area (Å²) in [6.45, 7) is 5.23. The van der Waals surface area contributed by atoms with Crippen molar-refractivity contribution in [3.8, 4) is 0 Å². The molecule has 84 valence electrons. The molecule has 3 unspecified atom stereocenters. The number of nitrogens with zero attached hydrogens (tertiary/aromatic N) is 1. The molecule has 0 amide bonds. The monoisotopic (exact) mass is 199 g/mol. The van der Waals surface area contributed by atoms with Gasteiger partial charge in [0, 0.05) is 12.6 Å². The molecule has 0 heterocycles. The van der Waals surface area contributed by atoms with E-state index in [1.807, 2.05) is 6.92 Å². The minimum Gasteiger partial charge on any atom is -0.392 e. The van der Waals surface area contributed by atoms with Crippen molar-refractivity contribution in [2.45, 2.75) is 58.1 Å². The van der Waals surface area contributed by atoms with Crippen molar-refractivity contribution >= 4 is 0 Å². The van der Waals surface area contributed by atoms with Crippen molar-refractivity contribution in [3.05, 3.63) is 0 Å². The van der Waals surface area contributed by atoms with Gasteiger partial charge in [-0.2, -0.15) is 0 Å². The van der Waals surface area contributed by atoms with Crippen molar-refractivity contribution < 1.29 is 5.11 Å². The Balaban J connectivity index is 2.37. The predicted octanol–water partition coefficient (Wildman–Crippen LogP) is 2.27. The molecule has 0 aliphatic heterocycles. The lowest BCUT2D eigenvalue weighted by molar-refractivity contribution is 0.0694. The highest BCUT2D eigenvalue weighted by Crippen LogP contribution is 2.27. The number of likely N-dealkylation sites (N-methyl/N-ethyl adjacent to an activating group) is 1. The number of aliphatic hydroxyl groups excluding tert-OH is 1. The van der Waals surface area contributed by atoms with E-state index in [1.165, 1.54) is 25.7 Å². The fourth-order valence-electron chi connectivity index (χ4n) is 2.55. The van der Waals surface area contributed by atoms with Gasteiger partial charge in [-0.15, -0.1) is 0 Å². The van der Waals surface area contributed by atoms with Gasteiger partial charge in [0.1, 0.15) is 0 Å². The van der Waals surface area contributed by atoms with Crippen LogP contribution in [0.1, 0.15) is 46.0 Å². The molecule has 14 heavy (non-hydrogen) atoms. The summed E-state index contributed by atoms with van der Waals surface area (Å²) < 4.78 is 0. The summed E-state index contributed by atoms with van der Waals surface area (Å²) in [7, 11) is 2.16. The first kappa shape index (κ1) is 12.0. The van der Waals surface area contributed by atoms with Gasteiger partial charge in [-0.1, -0.05) is 26.7 Å². The minimum atomic E-state index is -0.144. The van der Waals surface area contributed by atoms with E-state index in [0.29, 0.717) is 6.04 Å². The second-order valence-electron chi connectivity index (χ2n) is 4.83.